The van der Waals surface area contributed by atoms with E-state index in [1.54, 1.807) is 29.9 Å². The fourth-order valence-electron chi connectivity index (χ4n) is 4.18. The standard InChI is InChI=1S/C28H24N6OS/c1-28(2,3)27(35)31-18-10-16(13-29-15-18)17-11-21-25(33-34-26(21)30-14-17)23-12-20-19(24-8-5-9-36-24)6-4-7-22(20)32-23/h4-15,32H,1-3H3,(H,31,35)(H,30,33,34). The van der Waals surface area contributed by atoms with Crippen molar-refractivity contribution >= 4 is 44.9 Å². The number of benzene rings is 1. The molecule has 0 aliphatic heterocycles. The lowest BCUT2D eigenvalue weighted by Gasteiger charge is -2.17. The van der Waals surface area contributed by atoms with Crippen LogP contribution in [0.2, 0.25) is 0 Å². The molecular weight excluding hydrogens is 468 g/mol. The Hall–Kier alpha value is -4.30. The van der Waals surface area contributed by atoms with Crippen molar-refractivity contribution in [2.24, 2.45) is 5.41 Å². The highest BCUT2D eigenvalue weighted by Crippen LogP contribution is 2.36. The van der Waals surface area contributed by atoms with Crippen LogP contribution in [0, 0.1) is 5.41 Å². The molecule has 0 unspecified atom stereocenters. The van der Waals surface area contributed by atoms with E-state index < -0.39 is 5.41 Å². The van der Waals surface area contributed by atoms with Gasteiger partial charge >= 0.3 is 0 Å². The zero-order chi connectivity index (χ0) is 24.9. The van der Waals surface area contributed by atoms with Crippen molar-refractivity contribution < 1.29 is 4.79 Å². The zero-order valence-corrected chi connectivity index (χ0v) is 20.9. The molecule has 0 radical (unpaired) electrons. The summed E-state index contributed by atoms with van der Waals surface area (Å²) in [6, 6.07) is 16.6. The van der Waals surface area contributed by atoms with Crippen molar-refractivity contribution in [2.75, 3.05) is 5.32 Å². The number of H-pyrrole nitrogens is 2. The van der Waals surface area contributed by atoms with Crippen LogP contribution < -0.4 is 5.32 Å². The Morgan fingerprint density at radius 3 is 2.64 bits per heavy atom. The van der Waals surface area contributed by atoms with Crippen LogP contribution in [-0.2, 0) is 4.79 Å². The van der Waals surface area contributed by atoms with Gasteiger partial charge in [0.15, 0.2) is 5.65 Å². The van der Waals surface area contributed by atoms with Crippen LogP contribution in [0.5, 0.6) is 0 Å². The van der Waals surface area contributed by atoms with Gasteiger partial charge in [-0.3, -0.25) is 14.9 Å². The number of aromatic amines is 2. The zero-order valence-electron chi connectivity index (χ0n) is 20.1. The summed E-state index contributed by atoms with van der Waals surface area (Å²) in [5.74, 6) is -0.0622. The number of pyridine rings is 2. The number of fused-ring (bicyclic) bond motifs is 2. The normalized spacial score (nSPS) is 11.9. The van der Waals surface area contributed by atoms with Crippen molar-refractivity contribution in [1.82, 2.24) is 25.1 Å². The van der Waals surface area contributed by atoms with Crippen LogP contribution in [0.15, 0.2) is 72.5 Å². The quantitative estimate of drug-likeness (QED) is 0.250. The molecule has 36 heavy (non-hydrogen) atoms. The Balaban J connectivity index is 1.40. The van der Waals surface area contributed by atoms with Gasteiger partial charge in [0, 0.05) is 55.7 Å². The summed E-state index contributed by atoms with van der Waals surface area (Å²) in [5, 5.41) is 14.7. The van der Waals surface area contributed by atoms with Crippen LogP contribution in [0.25, 0.3) is 54.9 Å². The molecule has 5 heterocycles. The lowest BCUT2D eigenvalue weighted by Crippen LogP contribution is -2.27. The first-order valence-electron chi connectivity index (χ1n) is 11.6. The number of hydrogen-bond donors (Lipinski definition) is 3. The van der Waals surface area contributed by atoms with Gasteiger partial charge in [0.05, 0.1) is 17.6 Å². The fraction of sp³-hybridized carbons (Fsp3) is 0.143. The van der Waals surface area contributed by atoms with Gasteiger partial charge < -0.3 is 10.3 Å². The number of carbonyl (C=O) groups is 1. The van der Waals surface area contributed by atoms with Gasteiger partial charge in [0.25, 0.3) is 0 Å². The molecule has 178 valence electrons. The molecular formula is C28H24N6OS. The van der Waals surface area contributed by atoms with Gasteiger partial charge in [-0.2, -0.15) is 5.10 Å². The molecule has 0 spiro atoms. The third-order valence-electron chi connectivity index (χ3n) is 6.13. The second-order valence-electron chi connectivity index (χ2n) is 9.79. The molecule has 0 bridgehead atoms. The smallest absolute Gasteiger partial charge is 0.229 e. The first-order valence-corrected chi connectivity index (χ1v) is 12.5. The van der Waals surface area contributed by atoms with Crippen molar-refractivity contribution in [3.63, 3.8) is 0 Å². The van der Waals surface area contributed by atoms with Gasteiger partial charge in [-0.05, 0) is 35.7 Å². The average molecular weight is 493 g/mol. The van der Waals surface area contributed by atoms with Crippen LogP contribution in [0.4, 0.5) is 5.69 Å². The number of thiophene rings is 1. The van der Waals surface area contributed by atoms with Crippen LogP contribution in [0.1, 0.15) is 20.8 Å². The summed E-state index contributed by atoms with van der Waals surface area (Å²) >= 11 is 1.73. The minimum atomic E-state index is -0.495. The van der Waals surface area contributed by atoms with E-state index in [0.717, 1.165) is 38.8 Å². The maximum Gasteiger partial charge on any atom is 0.229 e. The van der Waals surface area contributed by atoms with Gasteiger partial charge in [0.1, 0.15) is 5.69 Å². The van der Waals surface area contributed by atoms with Crippen molar-refractivity contribution in [3.8, 4) is 33.0 Å². The van der Waals surface area contributed by atoms with E-state index in [1.807, 2.05) is 26.8 Å². The third-order valence-corrected chi connectivity index (χ3v) is 7.04. The third kappa shape index (κ3) is 3.95. The monoisotopic (exact) mass is 492 g/mol. The Kier molecular flexibility index (Phi) is 5.19. The fourth-order valence-corrected chi connectivity index (χ4v) is 4.95. The average Bonchev–Trinajstić information content (AvgIpc) is 3.62. The van der Waals surface area contributed by atoms with E-state index in [9.17, 15) is 4.79 Å². The molecule has 6 rings (SSSR count). The van der Waals surface area contributed by atoms with Crippen LogP contribution in [0.3, 0.4) is 0 Å². The van der Waals surface area contributed by atoms with E-state index in [1.165, 1.54) is 10.4 Å². The molecule has 0 fully saturated rings. The topological polar surface area (TPSA) is 99.3 Å². The number of anilines is 1. The molecule has 1 amide bonds. The van der Waals surface area contributed by atoms with E-state index in [-0.39, 0.29) is 5.91 Å². The summed E-state index contributed by atoms with van der Waals surface area (Å²) < 4.78 is 0. The van der Waals surface area contributed by atoms with Gasteiger partial charge in [-0.15, -0.1) is 11.3 Å². The Morgan fingerprint density at radius 2 is 1.83 bits per heavy atom. The molecule has 3 N–H and O–H groups in total. The predicted octanol–water partition coefficient (Wildman–Crippen LogP) is 6.88. The highest BCUT2D eigenvalue weighted by atomic mass is 32.1. The van der Waals surface area contributed by atoms with Gasteiger partial charge in [0.2, 0.25) is 5.91 Å². The summed E-state index contributed by atoms with van der Waals surface area (Å²) in [6.07, 6.45) is 5.21. The van der Waals surface area contributed by atoms with E-state index in [0.29, 0.717) is 11.3 Å². The second kappa shape index (κ2) is 8.42. The van der Waals surface area contributed by atoms with Gasteiger partial charge in [-0.1, -0.05) is 39.0 Å². The molecule has 5 aromatic heterocycles. The van der Waals surface area contributed by atoms with Gasteiger partial charge in [-0.25, -0.2) is 4.98 Å². The largest absolute Gasteiger partial charge is 0.353 e. The van der Waals surface area contributed by atoms with E-state index in [4.69, 9.17) is 0 Å². The summed E-state index contributed by atoms with van der Waals surface area (Å²) in [4.78, 5) is 26.1. The van der Waals surface area contributed by atoms with Crippen LogP contribution in [-0.4, -0.2) is 31.1 Å². The van der Waals surface area contributed by atoms with Crippen molar-refractivity contribution in [2.45, 2.75) is 20.8 Å². The number of aromatic nitrogens is 5. The first-order chi connectivity index (χ1) is 17.4. The number of nitrogens with zero attached hydrogens (tertiary/aromatic N) is 3. The second-order valence-corrected chi connectivity index (χ2v) is 10.7. The Labute approximate surface area is 211 Å². The predicted molar refractivity (Wildman–Crippen MR) is 146 cm³/mol. The van der Waals surface area contributed by atoms with Crippen LogP contribution >= 0.6 is 11.3 Å². The molecule has 0 saturated heterocycles. The number of nitrogens with one attached hydrogen (secondary N) is 3. The Bertz CT molecular complexity index is 1720. The summed E-state index contributed by atoms with van der Waals surface area (Å²) in [5.41, 5.74) is 6.59. The SMILES string of the molecule is CC(C)(C)C(=O)Nc1cncc(-c2cnc3[nH]nc(-c4cc5c(-c6cccs6)cccc5[nH]4)c3c2)c1. The highest BCUT2D eigenvalue weighted by Gasteiger charge is 2.21. The lowest BCUT2D eigenvalue weighted by molar-refractivity contribution is -0.123. The molecule has 0 atom stereocenters. The molecule has 8 heteroatoms. The maximum atomic E-state index is 12.4. The highest BCUT2D eigenvalue weighted by molar-refractivity contribution is 7.13. The molecule has 1 aromatic carbocycles. The summed E-state index contributed by atoms with van der Waals surface area (Å²) in [6.45, 7) is 5.64. The number of hydrogen-bond acceptors (Lipinski definition) is 5. The number of amides is 1. The van der Waals surface area contributed by atoms with Crippen molar-refractivity contribution in [1.29, 1.82) is 0 Å². The minimum Gasteiger partial charge on any atom is -0.353 e. The Morgan fingerprint density at radius 1 is 0.972 bits per heavy atom. The molecule has 0 aliphatic rings. The lowest BCUT2D eigenvalue weighted by atomic mass is 9.95. The van der Waals surface area contributed by atoms with E-state index >= 15 is 0 Å². The number of carbonyl (C=O) groups excluding carboxylic acids is 1. The van der Waals surface area contributed by atoms with E-state index in [2.05, 4.69) is 78.3 Å². The molecule has 7 nitrogen and oxygen atoms in total. The minimum absolute atomic E-state index is 0.0622. The first kappa shape index (κ1) is 22.2. The summed E-state index contributed by atoms with van der Waals surface area (Å²) in [7, 11) is 0. The number of rotatable bonds is 4. The molecule has 0 saturated carbocycles. The van der Waals surface area contributed by atoms with Crippen molar-refractivity contribution in [3.05, 3.63) is 72.5 Å². The molecule has 0 aliphatic carbocycles. The maximum absolute atomic E-state index is 12.4. The molecule has 6 aromatic rings.